The van der Waals surface area contributed by atoms with Gasteiger partial charge in [0.1, 0.15) is 4.90 Å². The molecule has 3 aliphatic rings. The normalized spacial score (nSPS) is 27.4. The van der Waals surface area contributed by atoms with Gasteiger partial charge in [-0.3, -0.25) is 9.69 Å². The Bertz CT molecular complexity index is 1060. The van der Waals surface area contributed by atoms with Gasteiger partial charge in [0.05, 0.1) is 24.1 Å². The third-order valence-corrected chi connectivity index (χ3v) is 8.68. The van der Waals surface area contributed by atoms with Crippen LogP contribution in [0, 0.1) is 0 Å². The topological polar surface area (TPSA) is 116 Å². The Labute approximate surface area is 170 Å². The van der Waals surface area contributed by atoms with Crippen LogP contribution < -0.4 is 5.32 Å². The Balaban J connectivity index is 1.46. The highest BCUT2D eigenvalue weighted by Crippen LogP contribution is 2.27. The first kappa shape index (κ1) is 20.3. The lowest BCUT2D eigenvalue weighted by Crippen LogP contribution is -2.52. The lowest BCUT2D eigenvalue weighted by molar-refractivity contribution is -0.122. The van der Waals surface area contributed by atoms with E-state index < -0.39 is 25.9 Å². The second-order valence-electron chi connectivity index (χ2n) is 7.80. The van der Waals surface area contributed by atoms with Crippen molar-refractivity contribution < 1.29 is 21.6 Å². The molecule has 2 unspecified atom stereocenters. The summed E-state index contributed by atoms with van der Waals surface area (Å²) in [5.74, 6) is -0.150. The van der Waals surface area contributed by atoms with Gasteiger partial charge in [-0.2, -0.15) is 8.42 Å². The first-order valence-electron chi connectivity index (χ1n) is 9.56. The molecule has 0 aliphatic carbocycles. The summed E-state index contributed by atoms with van der Waals surface area (Å²) < 4.78 is 52.5. The predicted molar refractivity (Wildman–Crippen MR) is 108 cm³/mol. The van der Waals surface area contributed by atoms with Gasteiger partial charge >= 0.3 is 0 Å². The molecule has 0 radical (unpaired) electrons. The van der Waals surface area contributed by atoms with Crippen LogP contribution in [0.15, 0.2) is 33.6 Å². The number of likely N-dealkylation sites (tertiary alicyclic amines) is 1. The molecule has 2 saturated heterocycles. The molecule has 1 aromatic carbocycles. The number of hydrogen-bond donors (Lipinski definition) is 1. The fraction of sp³-hybridized carbons (Fsp3) is 0.556. The molecule has 0 bridgehead atoms. The standard InChI is InChI=1S/C18H24N4O5S2/c1-21(18-13-6-2-3-7-16(13)29(26,27)20-18)10-17(23)19-14-11-28(24,25)12-15(14)22-8-4-5-9-22/h2-3,6-7,14-15H,4-5,8-12H2,1H3,(H,19,23). The zero-order chi connectivity index (χ0) is 20.8. The van der Waals surface area contributed by atoms with Crippen molar-refractivity contribution in [1.29, 1.82) is 0 Å². The summed E-state index contributed by atoms with van der Waals surface area (Å²) in [6.07, 6.45) is 2.07. The van der Waals surface area contributed by atoms with E-state index in [-0.39, 0.29) is 40.7 Å². The van der Waals surface area contributed by atoms with Gasteiger partial charge in [0.15, 0.2) is 15.7 Å². The van der Waals surface area contributed by atoms with Crippen LogP contribution in [-0.4, -0.2) is 88.6 Å². The number of hydrogen-bond acceptors (Lipinski definition) is 7. The summed E-state index contributed by atoms with van der Waals surface area (Å²) in [7, 11) is -5.37. The second kappa shape index (κ2) is 7.37. The van der Waals surface area contributed by atoms with E-state index in [1.165, 1.54) is 11.0 Å². The predicted octanol–water partition coefficient (Wildman–Crippen LogP) is -0.555. The van der Waals surface area contributed by atoms with E-state index in [2.05, 4.69) is 14.6 Å². The van der Waals surface area contributed by atoms with E-state index in [9.17, 15) is 21.6 Å². The SMILES string of the molecule is CN(CC(=O)NC1CS(=O)(=O)CC1N1CCCC1)C1=NS(=O)(=O)c2ccccc21. The number of sulfonamides is 1. The molecular formula is C18H24N4O5S2. The van der Waals surface area contributed by atoms with Crippen molar-refractivity contribution in [2.75, 3.05) is 38.2 Å². The number of amidine groups is 1. The molecule has 3 heterocycles. The number of benzene rings is 1. The van der Waals surface area contributed by atoms with Crippen LogP contribution >= 0.6 is 0 Å². The Morgan fingerprint density at radius 1 is 1.17 bits per heavy atom. The molecule has 0 aromatic heterocycles. The van der Waals surface area contributed by atoms with Gasteiger partial charge in [-0.25, -0.2) is 8.42 Å². The molecule has 29 heavy (non-hydrogen) atoms. The number of nitrogens with one attached hydrogen (secondary N) is 1. The van der Waals surface area contributed by atoms with Crippen molar-refractivity contribution in [3.05, 3.63) is 29.8 Å². The number of nitrogens with zero attached hydrogens (tertiary/aromatic N) is 3. The summed E-state index contributed by atoms with van der Waals surface area (Å²) in [5.41, 5.74) is 0.459. The number of amides is 1. The smallest absolute Gasteiger partial charge is 0.285 e. The Morgan fingerprint density at radius 2 is 1.86 bits per heavy atom. The molecule has 1 aromatic rings. The first-order chi connectivity index (χ1) is 13.7. The molecule has 1 amide bonds. The number of carbonyl (C=O) groups is 1. The number of fused-ring (bicyclic) bond motifs is 1. The van der Waals surface area contributed by atoms with Crippen molar-refractivity contribution in [2.45, 2.75) is 29.8 Å². The quantitative estimate of drug-likeness (QED) is 0.667. The maximum Gasteiger partial charge on any atom is 0.285 e. The highest BCUT2D eigenvalue weighted by Gasteiger charge is 2.42. The van der Waals surface area contributed by atoms with Gasteiger partial charge < -0.3 is 10.2 Å². The zero-order valence-corrected chi connectivity index (χ0v) is 17.7. The Hall–Kier alpha value is -1.98. The number of rotatable bonds is 4. The molecule has 2 atom stereocenters. The van der Waals surface area contributed by atoms with E-state index in [1.807, 2.05) is 0 Å². The molecule has 2 fully saturated rings. The van der Waals surface area contributed by atoms with Crippen LogP contribution in [0.25, 0.3) is 0 Å². The van der Waals surface area contributed by atoms with Crippen LogP contribution in [0.1, 0.15) is 18.4 Å². The van der Waals surface area contributed by atoms with Crippen molar-refractivity contribution in [3.8, 4) is 0 Å². The third kappa shape index (κ3) is 4.03. The monoisotopic (exact) mass is 440 g/mol. The Kier molecular flexibility index (Phi) is 5.16. The van der Waals surface area contributed by atoms with Crippen LogP contribution in [0.4, 0.5) is 0 Å². The lowest BCUT2D eigenvalue weighted by Gasteiger charge is -2.29. The van der Waals surface area contributed by atoms with Gasteiger partial charge in [-0.1, -0.05) is 12.1 Å². The Morgan fingerprint density at radius 3 is 2.59 bits per heavy atom. The summed E-state index contributed by atoms with van der Waals surface area (Å²) >= 11 is 0. The van der Waals surface area contributed by atoms with Crippen molar-refractivity contribution in [1.82, 2.24) is 15.1 Å². The van der Waals surface area contributed by atoms with Gasteiger partial charge in [-0.05, 0) is 38.1 Å². The first-order valence-corrected chi connectivity index (χ1v) is 12.8. The van der Waals surface area contributed by atoms with Gasteiger partial charge in [-0.15, -0.1) is 4.40 Å². The van der Waals surface area contributed by atoms with E-state index in [0.29, 0.717) is 5.56 Å². The van der Waals surface area contributed by atoms with E-state index >= 15 is 0 Å². The molecule has 0 spiro atoms. The highest BCUT2D eigenvalue weighted by molar-refractivity contribution is 7.91. The van der Waals surface area contributed by atoms with E-state index in [4.69, 9.17) is 0 Å². The summed E-state index contributed by atoms with van der Waals surface area (Å²) in [6, 6.07) is 5.81. The van der Waals surface area contributed by atoms with Crippen LogP contribution in [-0.2, 0) is 24.7 Å². The largest absolute Gasteiger partial charge is 0.349 e. The van der Waals surface area contributed by atoms with E-state index in [0.717, 1.165) is 25.9 Å². The molecule has 9 nitrogen and oxygen atoms in total. The fourth-order valence-corrected chi connectivity index (χ4v) is 7.51. The summed E-state index contributed by atoms with van der Waals surface area (Å²) in [6.45, 7) is 1.57. The average Bonchev–Trinajstić information content (AvgIpc) is 3.32. The summed E-state index contributed by atoms with van der Waals surface area (Å²) in [5, 5.41) is 2.85. The van der Waals surface area contributed by atoms with Crippen molar-refractivity contribution in [3.63, 3.8) is 0 Å². The van der Waals surface area contributed by atoms with Crippen LogP contribution in [0.3, 0.4) is 0 Å². The van der Waals surface area contributed by atoms with Crippen LogP contribution in [0.2, 0.25) is 0 Å². The zero-order valence-electron chi connectivity index (χ0n) is 16.1. The molecular weight excluding hydrogens is 416 g/mol. The molecule has 11 heteroatoms. The van der Waals surface area contributed by atoms with Gasteiger partial charge in [0.25, 0.3) is 10.0 Å². The highest BCUT2D eigenvalue weighted by atomic mass is 32.2. The molecule has 4 rings (SSSR count). The molecule has 158 valence electrons. The molecule has 3 aliphatic heterocycles. The number of likely N-dealkylation sites (N-methyl/N-ethyl adjacent to an activating group) is 1. The minimum absolute atomic E-state index is 0.0616. The molecule has 1 N–H and O–H groups in total. The second-order valence-corrected chi connectivity index (χ2v) is 11.5. The van der Waals surface area contributed by atoms with Crippen molar-refractivity contribution in [2.24, 2.45) is 4.40 Å². The minimum Gasteiger partial charge on any atom is -0.349 e. The molecule has 0 saturated carbocycles. The lowest BCUT2D eigenvalue weighted by atomic mass is 10.1. The maximum absolute atomic E-state index is 12.6. The fourth-order valence-electron chi connectivity index (χ4n) is 4.31. The minimum atomic E-state index is -3.76. The van der Waals surface area contributed by atoms with Crippen molar-refractivity contribution >= 4 is 31.6 Å². The maximum atomic E-state index is 12.6. The van der Waals surface area contributed by atoms with E-state index in [1.54, 1.807) is 25.2 Å². The van der Waals surface area contributed by atoms with Crippen LogP contribution in [0.5, 0.6) is 0 Å². The number of carbonyl (C=O) groups excluding carboxylic acids is 1. The third-order valence-electron chi connectivity index (χ3n) is 5.63. The average molecular weight is 441 g/mol. The van der Waals surface area contributed by atoms with Gasteiger partial charge in [0.2, 0.25) is 5.91 Å². The van der Waals surface area contributed by atoms with Gasteiger partial charge in [0, 0.05) is 18.7 Å². The number of sulfone groups is 1. The summed E-state index contributed by atoms with van der Waals surface area (Å²) in [4.78, 5) is 16.4.